The average Bonchev–Trinajstić information content (AvgIpc) is 2.90. The maximum Gasteiger partial charge on any atom is 0.161 e. The fraction of sp³-hybridized carbons (Fsp3) is 0.379. The van der Waals surface area contributed by atoms with Crippen LogP contribution >= 0.6 is 11.6 Å². The zero-order valence-corrected chi connectivity index (χ0v) is 21.3. The van der Waals surface area contributed by atoms with Gasteiger partial charge in [0.25, 0.3) is 0 Å². The number of nitrogens with zero attached hydrogens (tertiary/aromatic N) is 2. The summed E-state index contributed by atoms with van der Waals surface area (Å²) in [6.07, 6.45) is 0.942. The first-order valence-electron chi connectivity index (χ1n) is 12.5. The van der Waals surface area contributed by atoms with Gasteiger partial charge >= 0.3 is 0 Å². The van der Waals surface area contributed by atoms with Gasteiger partial charge in [0.15, 0.2) is 11.5 Å². The Labute approximate surface area is 213 Å². The van der Waals surface area contributed by atoms with Crippen molar-refractivity contribution in [3.8, 4) is 11.5 Å². The van der Waals surface area contributed by atoms with Crippen molar-refractivity contribution in [2.45, 2.75) is 26.3 Å². The molecule has 5 rings (SSSR count). The fourth-order valence-electron chi connectivity index (χ4n) is 5.12. The first-order valence-corrected chi connectivity index (χ1v) is 12.9. The Morgan fingerprint density at radius 2 is 1.46 bits per heavy atom. The Kier molecular flexibility index (Phi) is 7.35. The minimum atomic E-state index is 0.0557. The summed E-state index contributed by atoms with van der Waals surface area (Å²) in [6.45, 7) is 9.58. The van der Waals surface area contributed by atoms with E-state index in [1.165, 1.54) is 28.1 Å². The summed E-state index contributed by atoms with van der Waals surface area (Å²) in [6, 6.07) is 21.6. The summed E-state index contributed by atoms with van der Waals surface area (Å²) < 4.78 is 17.4. The van der Waals surface area contributed by atoms with Crippen LogP contribution in [0.3, 0.4) is 0 Å². The Morgan fingerprint density at radius 3 is 2.11 bits per heavy atom. The highest BCUT2D eigenvalue weighted by atomic mass is 35.5. The highest BCUT2D eigenvalue weighted by Crippen LogP contribution is 2.43. The van der Waals surface area contributed by atoms with E-state index < -0.39 is 0 Å². The largest absolute Gasteiger partial charge is 0.490 e. The summed E-state index contributed by atoms with van der Waals surface area (Å²) in [7, 11) is 0. The summed E-state index contributed by atoms with van der Waals surface area (Å²) >= 11 is 6.25. The predicted octanol–water partition coefficient (Wildman–Crippen LogP) is 6.13. The molecule has 0 radical (unpaired) electrons. The Balaban J connectivity index is 1.54. The van der Waals surface area contributed by atoms with Crippen LogP contribution in [0.2, 0.25) is 5.02 Å². The van der Waals surface area contributed by atoms with E-state index in [0.717, 1.165) is 55.8 Å². The molecule has 0 saturated carbocycles. The number of halogens is 1. The molecule has 0 aliphatic carbocycles. The number of rotatable bonds is 7. The third-order valence-corrected chi connectivity index (χ3v) is 7.03. The number of benzene rings is 3. The molecule has 184 valence electrons. The van der Waals surface area contributed by atoms with Crippen LogP contribution in [0, 0.1) is 0 Å². The zero-order valence-electron chi connectivity index (χ0n) is 20.5. The van der Waals surface area contributed by atoms with Gasteiger partial charge in [-0.15, -0.1) is 0 Å². The van der Waals surface area contributed by atoms with Crippen LogP contribution in [-0.2, 0) is 11.2 Å². The van der Waals surface area contributed by atoms with Crippen molar-refractivity contribution < 1.29 is 14.2 Å². The molecule has 1 unspecified atom stereocenters. The van der Waals surface area contributed by atoms with Crippen LogP contribution in [0.1, 0.15) is 36.6 Å². The molecule has 0 aromatic heterocycles. The first-order chi connectivity index (χ1) is 17.2. The molecule has 0 spiro atoms. The smallest absolute Gasteiger partial charge is 0.161 e. The van der Waals surface area contributed by atoms with Crippen molar-refractivity contribution in [1.82, 2.24) is 0 Å². The Morgan fingerprint density at radius 1 is 0.829 bits per heavy atom. The number of anilines is 2. The minimum absolute atomic E-state index is 0.0557. The number of ether oxygens (including phenoxy) is 3. The fourth-order valence-corrected chi connectivity index (χ4v) is 5.25. The molecule has 5 nitrogen and oxygen atoms in total. The standard InChI is InChI=1S/C29H33ClN2O3/c1-3-34-27-19-22-13-14-32(25-11-9-24(10-12-25)31-15-17-33-18-16-31)29(21-5-7-23(30)8-6-21)26(22)20-28(27)35-4-2/h5-12,19-20,29H,3-4,13-18H2,1-2H3. The molecule has 35 heavy (non-hydrogen) atoms. The summed E-state index contributed by atoms with van der Waals surface area (Å²) in [5.41, 5.74) is 6.22. The van der Waals surface area contributed by atoms with E-state index in [1.54, 1.807) is 0 Å². The van der Waals surface area contributed by atoms with Gasteiger partial charge in [0, 0.05) is 36.0 Å². The van der Waals surface area contributed by atoms with Crippen LogP contribution in [0.25, 0.3) is 0 Å². The van der Waals surface area contributed by atoms with Gasteiger partial charge in [-0.3, -0.25) is 0 Å². The van der Waals surface area contributed by atoms with Crippen molar-refractivity contribution in [3.63, 3.8) is 0 Å². The van der Waals surface area contributed by atoms with Crippen LogP contribution in [0.4, 0.5) is 11.4 Å². The molecule has 0 amide bonds. The van der Waals surface area contributed by atoms with Gasteiger partial charge in [0.1, 0.15) is 0 Å². The molecule has 1 saturated heterocycles. The van der Waals surface area contributed by atoms with E-state index in [2.05, 4.69) is 58.3 Å². The average molecular weight is 493 g/mol. The number of morpholine rings is 1. The second-order valence-electron chi connectivity index (χ2n) is 8.88. The molecule has 3 aromatic rings. The Bertz CT molecular complexity index is 1130. The third kappa shape index (κ3) is 5.07. The molecule has 3 aromatic carbocycles. The van der Waals surface area contributed by atoms with Crippen LogP contribution < -0.4 is 19.3 Å². The zero-order chi connectivity index (χ0) is 24.2. The first kappa shape index (κ1) is 23.8. The summed E-state index contributed by atoms with van der Waals surface area (Å²) in [5, 5.41) is 0.743. The number of fused-ring (bicyclic) bond motifs is 1. The highest BCUT2D eigenvalue weighted by Gasteiger charge is 2.31. The maximum absolute atomic E-state index is 6.25. The highest BCUT2D eigenvalue weighted by molar-refractivity contribution is 6.30. The quantitative estimate of drug-likeness (QED) is 0.396. The molecule has 0 N–H and O–H groups in total. The van der Waals surface area contributed by atoms with Gasteiger partial charge in [-0.1, -0.05) is 23.7 Å². The molecule has 1 atom stereocenters. The molecule has 2 heterocycles. The maximum atomic E-state index is 6.25. The van der Waals surface area contributed by atoms with Crippen molar-refractivity contribution in [2.24, 2.45) is 0 Å². The Hall–Kier alpha value is -2.89. The van der Waals surface area contributed by atoms with E-state index >= 15 is 0 Å². The molecular weight excluding hydrogens is 460 g/mol. The molecule has 6 heteroatoms. The van der Waals surface area contributed by atoms with Crippen molar-refractivity contribution in [1.29, 1.82) is 0 Å². The number of hydrogen-bond acceptors (Lipinski definition) is 5. The van der Waals surface area contributed by atoms with Gasteiger partial charge in [-0.25, -0.2) is 0 Å². The second-order valence-corrected chi connectivity index (χ2v) is 9.31. The number of hydrogen-bond donors (Lipinski definition) is 0. The van der Waals surface area contributed by atoms with Crippen molar-refractivity contribution in [3.05, 3.63) is 82.4 Å². The lowest BCUT2D eigenvalue weighted by Crippen LogP contribution is -2.37. The molecule has 2 aliphatic heterocycles. The summed E-state index contributed by atoms with van der Waals surface area (Å²) in [5.74, 6) is 1.63. The van der Waals surface area contributed by atoms with Gasteiger partial charge in [-0.05, 0) is 85.5 Å². The van der Waals surface area contributed by atoms with Gasteiger partial charge in [-0.2, -0.15) is 0 Å². The van der Waals surface area contributed by atoms with Crippen LogP contribution in [0.15, 0.2) is 60.7 Å². The molecule has 0 bridgehead atoms. The van der Waals surface area contributed by atoms with Crippen LogP contribution in [0.5, 0.6) is 11.5 Å². The molecule has 2 aliphatic rings. The lowest BCUT2D eigenvalue weighted by Gasteiger charge is -2.40. The minimum Gasteiger partial charge on any atom is -0.490 e. The van der Waals surface area contributed by atoms with E-state index in [0.29, 0.717) is 13.2 Å². The predicted molar refractivity (Wildman–Crippen MR) is 143 cm³/mol. The van der Waals surface area contributed by atoms with E-state index in [1.807, 2.05) is 26.0 Å². The SMILES string of the molecule is CCOc1cc2c(cc1OCC)C(c1ccc(Cl)cc1)N(c1ccc(N3CCOCC3)cc1)CC2. The van der Waals surface area contributed by atoms with Gasteiger partial charge < -0.3 is 24.0 Å². The molecule has 1 fully saturated rings. The lowest BCUT2D eigenvalue weighted by molar-refractivity contribution is 0.122. The van der Waals surface area contributed by atoms with Gasteiger partial charge in [0.2, 0.25) is 0 Å². The van der Waals surface area contributed by atoms with E-state index in [4.69, 9.17) is 25.8 Å². The monoisotopic (exact) mass is 492 g/mol. The molecular formula is C29H33ClN2O3. The van der Waals surface area contributed by atoms with E-state index in [9.17, 15) is 0 Å². The summed E-state index contributed by atoms with van der Waals surface area (Å²) in [4.78, 5) is 4.88. The van der Waals surface area contributed by atoms with Crippen molar-refractivity contribution in [2.75, 3.05) is 55.9 Å². The topological polar surface area (TPSA) is 34.2 Å². The normalized spacial score (nSPS) is 17.7. The van der Waals surface area contributed by atoms with E-state index in [-0.39, 0.29) is 6.04 Å². The lowest BCUT2D eigenvalue weighted by atomic mass is 9.87. The third-order valence-electron chi connectivity index (χ3n) is 6.78. The van der Waals surface area contributed by atoms with Gasteiger partial charge in [0.05, 0.1) is 32.5 Å². The van der Waals surface area contributed by atoms with Crippen LogP contribution in [-0.4, -0.2) is 46.1 Å². The second kappa shape index (κ2) is 10.8. The van der Waals surface area contributed by atoms with Crippen molar-refractivity contribution >= 4 is 23.0 Å².